The summed E-state index contributed by atoms with van der Waals surface area (Å²) < 4.78 is 0.826. The molecule has 5 heteroatoms. The van der Waals surface area contributed by atoms with Crippen LogP contribution in [-0.4, -0.2) is 30.3 Å². The first-order valence-corrected chi connectivity index (χ1v) is 8.58. The molecule has 122 valence electrons. The number of para-hydroxylation sites is 1. The molecule has 0 spiro atoms. The third-order valence-corrected chi connectivity index (χ3v) is 4.34. The van der Waals surface area contributed by atoms with Gasteiger partial charge in [0.15, 0.2) is 0 Å². The number of nitrogens with zero attached hydrogens (tertiary/aromatic N) is 1. The zero-order valence-corrected chi connectivity index (χ0v) is 15.1. The molecule has 0 radical (unpaired) electrons. The molecule has 1 aromatic carbocycles. The Kier molecular flexibility index (Phi) is 8.17. The van der Waals surface area contributed by atoms with Crippen molar-refractivity contribution in [3.63, 3.8) is 0 Å². The molecule has 0 bridgehead atoms. The quantitative estimate of drug-likeness (QED) is 0.751. The number of nitrogens with one attached hydrogen (secondary N) is 1. The number of likely N-dealkylation sites (N-methyl/N-ethyl adjacent to an activating group) is 1. The lowest BCUT2D eigenvalue weighted by Crippen LogP contribution is -2.38. The summed E-state index contributed by atoms with van der Waals surface area (Å²) in [5.74, 6) is -0.118. The zero-order chi connectivity index (χ0) is 16.5. The second-order valence-electron chi connectivity index (χ2n) is 5.47. The molecule has 4 nitrogen and oxygen atoms in total. The van der Waals surface area contributed by atoms with Crippen LogP contribution in [0.3, 0.4) is 0 Å². The van der Waals surface area contributed by atoms with Crippen molar-refractivity contribution in [2.45, 2.75) is 39.5 Å². The highest BCUT2D eigenvalue weighted by molar-refractivity contribution is 9.10. The third kappa shape index (κ3) is 5.79. The van der Waals surface area contributed by atoms with E-state index in [9.17, 15) is 9.59 Å². The van der Waals surface area contributed by atoms with Gasteiger partial charge in [0.05, 0.1) is 12.2 Å². The minimum absolute atomic E-state index is 0.0150. The largest absolute Gasteiger partial charge is 0.336 e. The number of carbonyl (C=O) groups excluding carboxylic acids is 2. The molecule has 22 heavy (non-hydrogen) atoms. The van der Waals surface area contributed by atoms with Crippen LogP contribution in [0.1, 0.15) is 39.5 Å². The summed E-state index contributed by atoms with van der Waals surface area (Å²) in [7, 11) is 1.69. The number of halogens is 1. The van der Waals surface area contributed by atoms with E-state index in [1.54, 1.807) is 7.05 Å². The molecule has 0 aliphatic rings. The minimum atomic E-state index is -0.187. The van der Waals surface area contributed by atoms with Crippen LogP contribution >= 0.6 is 15.9 Å². The summed E-state index contributed by atoms with van der Waals surface area (Å²) in [5, 5.41) is 2.82. The average molecular weight is 369 g/mol. The van der Waals surface area contributed by atoms with Gasteiger partial charge in [-0.2, -0.15) is 0 Å². The third-order valence-electron chi connectivity index (χ3n) is 3.65. The van der Waals surface area contributed by atoms with E-state index < -0.39 is 0 Å². The van der Waals surface area contributed by atoms with Gasteiger partial charge in [-0.05, 0) is 40.9 Å². The van der Waals surface area contributed by atoms with Gasteiger partial charge in [0.1, 0.15) is 0 Å². The highest BCUT2D eigenvalue weighted by atomic mass is 79.9. The fourth-order valence-corrected chi connectivity index (χ4v) is 2.69. The lowest BCUT2D eigenvalue weighted by molar-refractivity contribution is -0.137. The second kappa shape index (κ2) is 9.62. The fraction of sp³-hybridized carbons (Fsp3) is 0.529. The van der Waals surface area contributed by atoms with Crippen molar-refractivity contribution in [2.24, 2.45) is 5.92 Å². The van der Waals surface area contributed by atoms with Crippen LogP contribution in [0.4, 0.5) is 5.69 Å². The van der Waals surface area contributed by atoms with Gasteiger partial charge in [-0.25, -0.2) is 0 Å². The molecule has 0 heterocycles. The van der Waals surface area contributed by atoms with Crippen LogP contribution in [0, 0.1) is 5.92 Å². The molecular weight excluding hydrogens is 344 g/mol. The lowest BCUT2D eigenvalue weighted by Gasteiger charge is -2.22. The molecule has 0 aliphatic carbocycles. The second-order valence-corrected chi connectivity index (χ2v) is 6.32. The van der Waals surface area contributed by atoms with Crippen LogP contribution in [0.2, 0.25) is 0 Å². The monoisotopic (exact) mass is 368 g/mol. The number of hydrogen-bond acceptors (Lipinski definition) is 2. The Labute approximate surface area is 141 Å². The van der Waals surface area contributed by atoms with Crippen molar-refractivity contribution in [1.82, 2.24) is 4.90 Å². The maximum atomic E-state index is 12.4. The molecular formula is C17H25BrN2O2. The molecule has 0 aromatic heterocycles. The summed E-state index contributed by atoms with van der Waals surface area (Å²) in [5.41, 5.74) is 0.714. The van der Waals surface area contributed by atoms with Crippen LogP contribution in [-0.2, 0) is 9.59 Å². The maximum Gasteiger partial charge on any atom is 0.244 e. The first kappa shape index (κ1) is 18.7. The number of amides is 2. The molecule has 0 saturated carbocycles. The first-order valence-electron chi connectivity index (χ1n) is 7.78. The van der Waals surface area contributed by atoms with Gasteiger partial charge in [0.25, 0.3) is 0 Å². The number of carbonyl (C=O) groups is 2. The van der Waals surface area contributed by atoms with Gasteiger partial charge < -0.3 is 10.2 Å². The van der Waals surface area contributed by atoms with Gasteiger partial charge >= 0.3 is 0 Å². The molecule has 1 atom stereocenters. The van der Waals surface area contributed by atoms with E-state index in [0.29, 0.717) is 5.69 Å². The number of anilines is 1. The highest BCUT2D eigenvalue weighted by Gasteiger charge is 2.21. The number of unbranched alkanes of at least 4 members (excludes halogenated alkanes) is 1. The van der Waals surface area contributed by atoms with Crippen molar-refractivity contribution in [1.29, 1.82) is 0 Å². The van der Waals surface area contributed by atoms with E-state index in [1.807, 2.05) is 31.2 Å². The molecule has 1 rings (SSSR count). The Bertz CT molecular complexity index is 505. The van der Waals surface area contributed by atoms with Crippen LogP contribution in [0.15, 0.2) is 28.7 Å². The molecule has 1 N–H and O–H groups in total. The molecule has 0 aliphatic heterocycles. The predicted octanol–water partition coefficient (Wildman–Crippen LogP) is 4.06. The molecule has 2 amide bonds. The fourth-order valence-electron chi connectivity index (χ4n) is 2.31. The topological polar surface area (TPSA) is 49.4 Å². The van der Waals surface area contributed by atoms with E-state index >= 15 is 0 Å². The van der Waals surface area contributed by atoms with Gasteiger partial charge in [0.2, 0.25) is 11.8 Å². The lowest BCUT2D eigenvalue weighted by atomic mass is 9.98. The van der Waals surface area contributed by atoms with E-state index in [2.05, 4.69) is 28.2 Å². The SMILES string of the molecule is CCCCC(CC)C(=O)N(C)CC(=O)Nc1ccccc1Br. The maximum absolute atomic E-state index is 12.4. The Hall–Kier alpha value is -1.36. The predicted molar refractivity (Wildman–Crippen MR) is 93.7 cm³/mol. The normalized spacial score (nSPS) is 11.8. The van der Waals surface area contributed by atoms with Crippen molar-refractivity contribution in [3.8, 4) is 0 Å². The van der Waals surface area contributed by atoms with Crippen LogP contribution in [0.25, 0.3) is 0 Å². The van der Waals surface area contributed by atoms with Crippen molar-refractivity contribution >= 4 is 33.4 Å². The average Bonchev–Trinajstić information content (AvgIpc) is 2.50. The number of rotatable bonds is 8. The Balaban J connectivity index is 2.56. The summed E-state index contributed by atoms with van der Waals surface area (Å²) in [6.45, 7) is 4.21. The van der Waals surface area contributed by atoms with Gasteiger partial charge in [-0.15, -0.1) is 0 Å². The Morgan fingerprint density at radius 1 is 1.27 bits per heavy atom. The summed E-state index contributed by atoms with van der Waals surface area (Å²) in [4.78, 5) is 26.0. The Morgan fingerprint density at radius 2 is 1.95 bits per heavy atom. The van der Waals surface area contributed by atoms with E-state index in [1.165, 1.54) is 4.90 Å². The molecule has 0 saturated heterocycles. The van der Waals surface area contributed by atoms with Crippen LogP contribution in [0.5, 0.6) is 0 Å². The molecule has 0 fully saturated rings. The van der Waals surface area contributed by atoms with Gasteiger partial charge in [0, 0.05) is 17.4 Å². The van der Waals surface area contributed by atoms with Crippen molar-refractivity contribution in [2.75, 3.05) is 18.9 Å². The van der Waals surface area contributed by atoms with E-state index in [4.69, 9.17) is 0 Å². The van der Waals surface area contributed by atoms with E-state index in [-0.39, 0.29) is 24.3 Å². The van der Waals surface area contributed by atoms with Gasteiger partial charge in [-0.1, -0.05) is 38.8 Å². The number of hydrogen-bond donors (Lipinski definition) is 1. The smallest absolute Gasteiger partial charge is 0.244 e. The first-order chi connectivity index (χ1) is 10.5. The standard InChI is InChI=1S/C17H25BrN2O2/c1-4-6-9-13(5-2)17(22)20(3)12-16(21)19-15-11-8-7-10-14(15)18/h7-8,10-11,13H,4-6,9,12H2,1-3H3,(H,19,21). The molecule has 1 unspecified atom stereocenters. The summed E-state index contributed by atoms with van der Waals surface area (Å²) in [6.07, 6.45) is 3.83. The van der Waals surface area contributed by atoms with E-state index in [0.717, 1.165) is 30.2 Å². The van der Waals surface area contributed by atoms with Gasteiger partial charge in [-0.3, -0.25) is 9.59 Å². The van der Waals surface area contributed by atoms with Crippen molar-refractivity contribution < 1.29 is 9.59 Å². The minimum Gasteiger partial charge on any atom is -0.336 e. The molecule has 1 aromatic rings. The number of benzene rings is 1. The highest BCUT2D eigenvalue weighted by Crippen LogP contribution is 2.21. The Morgan fingerprint density at radius 3 is 2.55 bits per heavy atom. The summed E-state index contributed by atoms with van der Waals surface area (Å²) in [6, 6.07) is 7.42. The summed E-state index contributed by atoms with van der Waals surface area (Å²) >= 11 is 3.39. The zero-order valence-electron chi connectivity index (χ0n) is 13.6. The van der Waals surface area contributed by atoms with Crippen molar-refractivity contribution in [3.05, 3.63) is 28.7 Å². The van der Waals surface area contributed by atoms with Crippen LogP contribution < -0.4 is 5.32 Å².